The summed E-state index contributed by atoms with van der Waals surface area (Å²) in [6.07, 6.45) is 8.15. The quantitative estimate of drug-likeness (QED) is 0.213. The van der Waals surface area contributed by atoms with Gasteiger partial charge in [0.15, 0.2) is 0 Å². The lowest BCUT2D eigenvalue weighted by Gasteiger charge is -2.41. The van der Waals surface area contributed by atoms with Gasteiger partial charge in [-0.05, 0) is 58.3 Å². The monoisotopic (exact) mass is 520 g/mol. The van der Waals surface area contributed by atoms with Gasteiger partial charge in [-0.15, -0.1) is 24.9 Å². The van der Waals surface area contributed by atoms with Crippen LogP contribution in [0.25, 0.3) is 0 Å². The summed E-state index contributed by atoms with van der Waals surface area (Å²) in [4.78, 5) is 45.1. The molecule has 2 bridgehead atoms. The van der Waals surface area contributed by atoms with Gasteiger partial charge in [-0.2, -0.15) is 0 Å². The Bertz CT molecular complexity index is 846. The van der Waals surface area contributed by atoms with Crippen LogP contribution >= 0.6 is 11.8 Å². The lowest BCUT2D eigenvalue weighted by Crippen LogP contribution is -2.58. The molecule has 7 nitrogen and oxygen atoms in total. The number of ether oxygens (including phenoxy) is 1. The number of thioether (sulfide) groups is 1. The van der Waals surface area contributed by atoms with Crippen molar-refractivity contribution in [2.75, 3.05) is 19.8 Å². The number of carbonyl (C=O) groups is 3. The van der Waals surface area contributed by atoms with E-state index in [0.29, 0.717) is 26.0 Å². The number of nitrogens with zero attached hydrogens (tertiary/aromatic N) is 2. The van der Waals surface area contributed by atoms with Gasteiger partial charge in [0.2, 0.25) is 11.8 Å². The van der Waals surface area contributed by atoms with Crippen LogP contribution in [0.2, 0.25) is 0 Å². The third-order valence-electron chi connectivity index (χ3n) is 7.87. The lowest BCUT2D eigenvalue weighted by atomic mass is 9.71. The first-order valence-electron chi connectivity index (χ1n) is 13.4. The molecule has 3 aliphatic rings. The maximum atomic E-state index is 14.2. The Morgan fingerprint density at radius 2 is 1.97 bits per heavy atom. The molecule has 0 saturated carbocycles. The number of amides is 2. The van der Waals surface area contributed by atoms with Crippen LogP contribution < -0.4 is 0 Å². The number of likely N-dealkylation sites (tertiary alicyclic amines) is 1. The Hall–Kier alpha value is -1.80. The van der Waals surface area contributed by atoms with Crippen molar-refractivity contribution in [2.45, 2.75) is 94.3 Å². The van der Waals surface area contributed by atoms with E-state index in [9.17, 15) is 19.5 Å². The van der Waals surface area contributed by atoms with Gasteiger partial charge in [-0.1, -0.05) is 26.0 Å². The molecule has 0 aliphatic carbocycles. The van der Waals surface area contributed by atoms with E-state index in [0.717, 1.165) is 25.7 Å². The Kier molecular flexibility index (Phi) is 9.72. The van der Waals surface area contributed by atoms with Crippen LogP contribution in [-0.2, 0) is 19.1 Å². The molecule has 6 atom stereocenters. The van der Waals surface area contributed by atoms with E-state index < -0.39 is 28.7 Å². The number of fused-ring (bicyclic) bond motifs is 1. The summed E-state index contributed by atoms with van der Waals surface area (Å²) >= 11 is 1.64. The van der Waals surface area contributed by atoms with Gasteiger partial charge in [0.25, 0.3) is 0 Å². The van der Waals surface area contributed by atoms with Gasteiger partial charge in [0.05, 0.1) is 35.8 Å². The molecule has 36 heavy (non-hydrogen) atoms. The van der Waals surface area contributed by atoms with Crippen molar-refractivity contribution in [3.63, 3.8) is 0 Å². The SMILES string of the molecule is C=CCCCCOC(=O)[C@@H]1[C@@H]2CCC3(S2)C(C(=O)N(CC=C)C(C)C)N([C@@H](CO)CC(C)C)C(=O)[C@H]13. The molecule has 1 spiro atoms. The van der Waals surface area contributed by atoms with Crippen molar-refractivity contribution >= 4 is 29.5 Å². The average molecular weight is 521 g/mol. The van der Waals surface area contributed by atoms with Gasteiger partial charge in [-0.25, -0.2) is 0 Å². The molecule has 1 N–H and O–H groups in total. The zero-order chi connectivity index (χ0) is 26.6. The molecule has 3 heterocycles. The predicted octanol–water partition coefficient (Wildman–Crippen LogP) is 3.81. The highest BCUT2D eigenvalue weighted by atomic mass is 32.2. The zero-order valence-electron chi connectivity index (χ0n) is 22.4. The number of aliphatic hydroxyl groups is 1. The molecule has 3 saturated heterocycles. The number of unbranched alkanes of at least 4 members (excludes halogenated alkanes) is 2. The molecule has 3 aliphatic heterocycles. The number of esters is 1. The van der Waals surface area contributed by atoms with Crippen molar-refractivity contribution in [3.05, 3.63) is 25.3 Å². The van der Waals surface area contributed by atoms with Crippen LogP contribution in [0.5, 0.6) is 0 Å². The minimum atomic E-state index is -0.714. The summed E-state index contributed by atoms with van der Waals surface area (Å²) in [5, 5.41) is 10.3. The number of hydrogen-bond acceptors (Lipinski definition) is 6. The number of hydrogen-bond donors (Lipinski definition) is 1. The van der Waals surface area contributed by atoms with Crippen LogP contribution in [0.15, 0.2) is 25.3 Å². The van der Waals surface area contributed by atoms with Crippen LogP contribution in [-0.4, -0.2) is 80.6 Å². The Labute approximate surface area is 220 Å². The summed E-state index contributed by atoms with van der Waals surface area (Å²) in [6, 6.07) is -1.26. The van der Waals surface area contributed by atoms with E-state index >= 15 is 0 Å². The fourth-order valence-corrected chi connectivity index (χ4v) is 8.55. The highest BCUT2D eigenvalue weighted by Crippen LogP contribution is 2.67. The third kappa shape index (κ3) is 5.26. The second kappa shape index (κ2) is 12.2. The fourth-order valence-electron chi connectivity index (χ4n) is 6.36. The van der Waals surface area contributed by atoms with Gasteiger partial charge >= 0.3 is 5.97 Å². The summed E-state index contributed by atoms with van der Waals surface area (Å²) in [6.45, 7) is 16.1. The first-order chi connectivity index (χ1) is 17.1. The minimum Gasteiger partial charge on any atom is -0.465 e. The standard InChI is InChI=1S/C28H44N2O5S/c1-7-9-10-11-15-35-27(34)22-21-12-13-28(36-21)23(22)25(32)30(20(17-31)16-18(3)4)24(28)26(33)29(14-8-2)19(5)6/h7-8,18-24,31H,1-2,9-17H2,3-6H3/t20-,21+,22-,23+,24?,28?/m1/s1. The second-order valence-corrected chi connectivity index (χ2v) is 12.7. The van der Waals surface area contributed by atoms with E-state index in [1.807, 2.05) is 33.8 Å². The Morgan fingerprint density at radius 1 is 1.25 bits per heavy atom. The molecule has 0 radical (unpaired) electrons. The van der Waals surface area contributed by atoms with E-state index in [4.69, 9.17) is 4.74 Å². The molecule has 3 rings (SSSR count). The van der Waals surface area contributed by atoms with E-state index in [1.165, 1.54) is 0 Å². The van der Waals surface area contributed by atoms with Gasteiger partial charge in [0.1, 0.15) is 6.04 Å². The number of rotatable bonds is 14. The first-order valence-corrected chi connectivity index (χ1v) is 14.3. The number of carbonyl (C=O) groups excluding carboxylic acids is 3. The van der Waals surface area contributed by atoms with Crippen molar-refractivity contribution in [3.8, 4) is 0 Å². The van der Waals surface area contributed by atoms with Gasteiger partial charge in [0, 0.05) is 17.8 Å². The highest BCUT2D eigenvalue weighted by Gasteiger charge is 2.74. The molecule has 0 aromatic heterocycles. The molecular weight excluding hydrogens is 476 g/mol. The summed E-state index contributed by atoms with van der Waals surface area (Å²) in [5.41, 5.74) is 0. The fraction of sp³-hybridized carbons (Fsp3) is 0.750. The first kappa shape index (κ1) is 28.8. The van der Waals surface area contributed by atoms with Gasteiger partial charge in [-0.3, -0.25) is 14.4 Å². The van der Waals surface area contributed by atoms with E-state index in [2.05, 4.69) is 13.2 Å². The largest absolute Gasteiger partial charge is 0.465 e. The van der Waals surface area contributed by atoms with E-state index in [1.54, 1.807) is 27.6 Å². The molecule has 2 amide bonds. The van der Waals surface area contributed by atoms with E-state index in [-0.39, 0.29) is 41.6 Å². The Morgan fingerprint density at radius 3 is 2.56 bits per heavy atom. The normalized spacial score (nSPS) is 29.5. The van der Waals surface area contributed by atoms with Crippen molar-refractivity contribution in [1.82, 2.24) is 9.80 Å². The molecule has 0 aromatic rings. The number of aliphatic hydroxyl groups excluding tert-OH is 1. The Balaban J connectivity index is 1.97. The van der Waals surface area contributed by atoms with Crippen LogP contribution in [0.1, 0.15) is 66.2 Å². The van der Waals surface area contributed by atoms with Crippen LogP contribution in [0, 0.1) is 17.8 Å². The van der Waals surface area contributed by atoms with Crippen molar-refractivity contribution < 1.29 is 24.2 Å². The third-order valence-corrected chi connectivity index (χ3v) is 9.82. The summed E-state index contributed by atoms with van der Waals surface area (Å²) in [5.74, 6) is -1.54. The highest BCUT2D eigenvalue weighted by molar-refractivity contribution is 8.02. The van der Waals surface area contributed by atoms with Crippen LogP contribution in [0.4, 0.5) is 0 Å². The topological polar surface area (TPSA) is 87.2 Å². The average Bonchev–Trinajstić information content (AvgIpc) is 3.47. The summed E-state index contributed by atoms with van der Waals surface area (Å²) in [7, 11) is 0. The molecular formula is C28H44N2O5S. The lowest BCUT2D eigenvalue weighted by molar-refractivity contribution is -0.154. The molecule has 0 aromatic carbocycles. The smallest absolute Gasteiger partial charge is 0.310 e. The molecule has 8 heteroatoms. The number of allylic oxidation sites excluding steroid dienone is 1. The zero-order valence-corrected chi connectivity index (χ0v) is 23.2. The molecule has 3 fully saturated rings. The molecule has 202 valence electrons. The molecule has 2 unspecified atom stereocenters. The van der Waals surface area contributed by atoms with Crippen molar-refractivity contribution in [1.29, 1.82) is 0 Å². The predicted molar refractivity (Wildman–Crippen MR) is 143 cm³/mol. The summed E-state index contributed by atoms with van der Waals surface area (Å²) < 4.78 is 4.99. The minimum absolute atomic E-state index is 0.0262. The van der Waals surface area contributed by atoms with Crippen molar-refractivity contribution in [2.24, 2.45) is 17.8 Å². The van der Waals surface area contributed by atoms with Crippen LogP contribution in [0.3, 0.4) is 0 Å². The maximum absolute atomic E-state index is 14.2. The second-order valence-electron chi connectivity index (χ2n) is 11.1. The maximum Gasteiger partial charge on any atom is 0.310 e. The van der Waals surface area contributed by atoms with Gasteiger partial charge < -0.3 is 19.6 Å².